The summed E-state index contributed by atoms with van der Waals surface area (Å²) in [6.07, 6.45) is 2.48. The maximum Gasteiger partial charge on any atom is 0.227 e. The number of benzene rings is 1. The maximum atomic E-state index is 12.2. The molecule has 1 heterocycles. The Morgan fingerprint density at radius 1 is 1.30 bits per heavy atom. The summed E-state index contributed by atoms with van der Waals surface area (Å²) in [4.78, 5) is 26.0. The fourth-order valence-electron chi connectivity index (χ4n) is 2.69. The number of hydrogen-bond donors (Lipinski definition) is 1. The summed E-state index contributed by atoms with van der Waals surface area (Å²) in [6.45, 7) is 4.56. The molecule has 4 nitrogen and oxygen atoms in total. The van der Waals surface area contributed by atoms with Crippen LogP contribution in [0.3, 0.4) is 0 Å². The molecule has 2 amide bonds. The van der Waals surface area contributed by atoms with E-state index in [0.29, 0.717) is 19.0 Å². The summed E-state index contributed by atoms with van der Waals surface area (Å²) in [5.74, 6) is -0.119. The quantitative estimate of drug-likeness (QED) is 0.914. The smallest absolute Gasteiger partial charge is 0.227 e. The summed E-state index contributed by atoms with van der Waals surface area (Å²) in [6, 6.07) is 6.31. The van der Waals surface area contributed by atoms with Gasteiger partial charge >= 0.3 is 0 Å². The number of amides is 2. The molecule has 1 aliphatic heterocycles. The van der Waals surface area contributed by atoms with Crippen molar-refractivity contribution >= 4 is 17.5 Å². The number of carbonyl (C=O) groups is 2. The maximum absolute atomic E-state index is 12.2. The molecule has 20 heavy (non-hydrogen) atoms. The van der Waals surface area contributed by atoms with Gasteiger partial charge in [0.2, 0.25) is 11.8 Å². The van der Waals surface area contributed by atoms with E-state index >= 15 is 0 Å². The van der Waals surface area contributed by atoms with Gasteiger partial charge in [-0.05, 0) is 43.9 Å². The molecular weight excluding hydrogens is 252 g/mol. The molecule has 0 bridgehead atoms. The van der Waals surface area contributed by atoms with Crippen LogP contribution in [0.5, 0.6) is 0 Å². The Kier molecular flexibility index (Phi) is 3.24. The van der Waals surface area contributed by atoms with Gasteiger partial charge in [-0.1, -0.05) is 12.1 Å². The largest absolute Gasteiger partial charge is 0.353 e. The van der Waals surface area contributed by atoms with Crippen molar-refractivity contribution in [3.05, 3.63) is 29.3 Å². The van der Waals surface area contributed by atoms with Crippen LogP contribution < -0.4 is 10.2 Å². The first-order chi connectivity index (χ1) is 9.56. The highest BCUT2D eigenvalue weighted by Crippen LogP contribution is 2.30. The zero-order valence-corrected chi connectivity index (χ0v) is 12.0. The number of anilines is 1. The van der Waals surface area contributed by atoms with Crippen LogP contribution in [-0.2, 0) is 9.59 Å². The second-order valence-electron chi connectivity index (χ2n) is 5.91. The van der Waals surface area contributed by atoms with Crippen molar-refractivity contribution in [1.29, 1.82) is 0 Å². The Hall–Kier alpha value is -1.84. The topological polar surface area (TPSA) is 49.4 Å². The van der Waals surface area contributed by atoms with Crippen molar-refractivity contribution < 1.29 is 9.59 Å². The van der Waals surface area contributed by atoms with Gasteiger partial charge in [-0.3, -0.25) is 9.59 Å². The van der Waals surface area contributed by atoms with E-state index in [1.54, 1.807) is 4.90 Å². The Bertz CT molecular complexity index is 564. The van der Waals surface area contributed by atoms with Crippen molar-refractivity contribution in [3.63, 3.8) is 0 Å². The molecule has 1 unspecified atom stereocenters. The van der Waals surface area contributed by atoms with Gasteiger partial charge in [0.25, 0.3) is 0 Å². The molecule has 1 N–H and O–H groups in total. The number of carbonyl (C=O) groups excluding carboxylic acids is 2. The van der Waals surface area contributed by atoms with E-state index in [1.807, 2.05) is 32.0 Å². The van der Waals surface area contributed by atoms with Gasteiger partial charge < -0.3 is 10.2 Å². The van der Waals surface area contributed by atoms with Gasteiger partial charge in [-0.25, -0.2) is 0 Å². The van der Waals surface area contributed by atoms with Crippen LogP contribution in [0.2, 0.25) is 0 Å². The third-order valence-electron chi connectivity index (χ3n) is 4.29. The zero-order valence-electron chi connectivity index (χ0n) is 12.0. The third-order valence-corrected chi connectivity index (χ3v) is 4.29. The fourth-order valence-corrected chi connectivity index (χ4v) is 2.69. The van der Waals surface area contributed by atoms with Crippen LogP contribution in [0.4, 0.5) is 5.69 Å². The summed E-state index contributed by atoms with van der Waals surface area (Å²) in [5.41, 5.74) is 3.22. The second kappa shape index (κ2) is 4.93. The molecule has 0 radical (unpaired) electrons. The summed E-state index contributed by atoms with van der Waals surface area (Å²) >= 11 is 0. The Morgan fingerprint density at radius 3 is 2.75 bits per heavy atom. The molecule has 0 aromatic heterocycles. The molecule has 1 aliphatic carbocycles. The van der Waals surface area contributed by atoms with Gasteiger partial charge in [-0.15, -0.1) is 0 Å². The average Bonchev–Trinajstić information content (AvgIpc) is 3.14. The minimum atomic E-state index is -0.206. The van der Waals surface area contributed by atoms with Crippen molar-refractivity contribution in [2.24, 2.45) is 5.92 Å². The first kappa shape index (κ1) is 13.2. The molecule has 3 rings (SSSR count). The minimum Gasteiger partial charge on any atom is -0.353 e. The first-order valence-electron chi connectivity index (χ1n) is 7.23. The van der Waals surface area contributed by atoms with Crippen LogP contribution in [0.25, 0.3) is 0 Å². The Morgan fingerprint density at radius 2 is 2.05 bits per heavy atom. The SMILES string of the molecule is Cc1cccc(N2CC(C(=O)NC3CC3)CC2=O)c1C. The summed E-state index contributed by atoms with van der Waals surface area (Å²) in [5, 5.41) is 3.00. The van der Waals surface area contributed by atoms with E-state index in [9.17, 15) is 9.59 Å². The van der Waals surface area contributed by atoms with Gasteiger partial charge in [0, 0.05) is 24.7 Å². The predicted molar refractivity (Wildman–Crippen MR) is 77.5 cm³/mol. The normalized spacial score (nSPS) is 22.2. The van der Waals surface area contributed by atoms with Crippen LogP contribution in [0.1, 0.15) is 30.4 Å². The molecule has 1 aromatic rings. The van der Waals surface area contributed by atoms with Crippen molar-refractivity contribution in [3.8, 4) is 0 Å². The monoisotopic (exact) mass is 272 g/mol. The van der Waals surface area contributed by atoms with Gasteiger partial charge in [0.15, 0.2) is 0 Å². The molecule has 106 valence electrons. The highest BCUT2D eigenvalue weighted by Gasteiger charge is 2.37. The lowest BCUT2D eigenvalue weighted by molar-refractivity contribution is -0.126. The standard InChI is InChI=1S/C16H20N2O2/c1-10-4-3-5-14(11(10)2)18-9-12(8-15(18)19)16(20)17-13-6-7-13/h3-5,12-13H,6-9H2,1-2H3,(H,17,20). The Labute approximate surface area is 119 Å². The van der Waals surface area contributed by atoms with E-state index in [2.05, 4.69) is 5.32 Å². The molecule has 2 aliphatic rings. The molecule has 2 fully saturated rings. The number of nitrogens with zero attached hydrogens (tertiary/aromatic N) is 1. The van der Waals surface area contributed by atoms with Crippen molar-refractivity contribution in [2.45, 2.75) is 39.2 Å². The number of nitrogens with one attached hydrogen (secondary N) is 1. The van der Waals surface area contributed by atoms with Crippen molar-refractivity contribution in [2.75, 3.05) is 11.4 Å². The van der Waals surface area contributed by atoms with Crippen LogP contribution in [-0.4, -0.2) is 24.4 Å². The van der Waals surface area contributed by atoms with Gasteiger partial charge in [0.05, 0.1) is 5.92 Å². The third kappa shape index (κ3) is 2.42. The van der Waals surface area contributed by atoms with Crippen LogP contribution in [0, 0.1) is 19.8 Å². The number of hydrogen-bond acceptors (Lipinski definition) is 2. The van der Waals surface area contributed by atoms with Crippen LogP contribution >= 0.6 is 0 Å². The zero-order chi connectivity index (χ0) is 14.3. The van der Waals surface area contributed by atoms with Gasteiger partial charge in [0.1, 0.15) is 0 Å². The first-order valence-corrected chi connectivity index (χ1v) is 7.23. The lowest BCUT2D eigenvalue weighted by Gasteiger charge is -2.20. The van der Waals surface area contributed by atoms with Gasteiger partial charge in [-0.2, -0.15) is 0 Å². The highest BCUT2D eigenvalue weighted by atomic mass is 16.2. The van der Waals surface area contributed by atoms with E-state index in [4.69, 9.17) is 0 Å². The predicted octanol–water partition coefficient (Wildman–Crippen LogP) is 1.93. The second-order valence-corrected chi connectivity index (χ2v) is 5.91. The van der Waals surface area contributed by atoms with E-state index < -0.39 is 0 Å². The highest BCUT2D eigenvalue weighted by molar-refractivity contribution is 6.01. The van der Waals surface area contributed by atoms with Crippen LogP contribution in [0.15, 0.2) is 18.2 Å². The molecule has 4 heteroatoms. The average molecular weight is 272 g/mol. The summed E-state index contributed by atoms with van der Waals surface area (Å²) in [7, 11) is 0. The molecule has 1 atom stereocenters. The number of rotatable bonds is 3. The van der Waals surface area contributed by atoms with E-state index in [1.165, 1.54) is 5.56 Å². The molecule has 0 spiro atoms. The lowest BCUT2D eigenvalue weighted by atomic mass is 10.1. The number of aryl methyl sites for hydroxylation is 1. The molecule has 1 saturated heterocycles. The minimum absolute atomic E-state index is 0.0358. The Balaban J connectivity index is 1.76. The van der Waals surface area contributed by atoms with E-state index in [-0.39, 0.29) is 17.7 Å². The molecule has 1 aromatic carbocycles. The fraction of sp³-hybridized carbons (Fsp3) is 0.500. The van der Waals surface area contributed by atoms with E-state index in [0.717, 1.165) is 24.1 Å². The molecule has 1 saturated carbocycles. The lowest BCUT2D eigenvalue weighted by Crippen LogP contribution is -2.34. The molecular formula is C16H20N2O2. The summed E-state index contributed by atoms with van der Waals surface area (Å²) < 4.78 is 0. The van der Waals surface area contributed by atoms with Crippen molar-refractivity contribution in [1.82, 2.24) is 5.32 Å².